The van der Waals surface area contributed by atoms with Crippen LogP contribution in [0.5, 0.6) is 0 Å². The van der Waals surface area contributed by atoms with Crippen LogP contribution < -0.4 is 4.31 Å². The zero-order valence-corrected chi connectivity index (χ0v) is 15.3. The second-order valence-corrected chi connectivity index (χ2v) is 8.52. The van der Waals surface area contributed by atoms with Crippen molar-refractivity contribution < 1.29 is 8.42 Å². The smallest absolute Gasteiger partial charge is 0.271 e. The molecule has 0 fully saturated rings. The number of nitrogens with one attached hydrogen (secondary N) is 1. The molecule has 25 heavy (non-hydrogen) atoms. The van der Waals surface area contributed by atoms with E-state index in [-0.39, 0.29) is 16.3 Å². The van der Waals surface area contributed by atoms with Gasteiger partial charge in [0.15, 0.2) is 0 Å². The number of sulfonamides is 1. The minimum Gasteiger partial charge on any atom is -0.330 e. The first-order valence-corrected chi connectivity index (χ1v) is 9.45. The van der Waals surface area contributed by atoms with Crippen LogP contribution in [0, 0.1) is 0 Å². The van der Waals surface area contributed by atoms with Crippen LogP contribution in [0.25, 0.3) is 0 Å². The van der Waals surface area contributed by atoms with Gasteiger partial charge in [-0.05, 0) is 29.2 Å². The van der Waals surface area contributed by atoms with E-state index >= 15 is 0 Å². The maximum absolute atomic E-state index is 13.6. The number of anilines is 2. The number of aromatic nitrogens is 2. The molecule has 0 saturated heterocycles. The van der Waals surface area contributed by atoms with E-state index in [1.165, 1.54) is 10.5 Å². The molecule has 0 saturated carbocycles. The summed E-state index contributed by atoms with van der Waals surface area (Å²) in [5.74, 6) is 0.259. The zero-order valence-electron chi connectivity index (χ0n) is 14.5. The van der Waals surface area contributed by atoms with Crippen molar-refractivity contribution in [3.05, 3.63) is 72.6 Å². The first kappa shape index (κ1) is 17.2. The molecule has 0 unspecified atom stereocenters. The van der Waals surface area contributed by atoms with Crippen LogP contribution in [-0.2, 0) is 15.4 Å². The normalized spacial score (nSPS) is 12.1. The fraction of sp³-hybridized carbons (Fsp3) is 0.211. The van der Waals surface area contributed by atoms with E-state index in [0.29, 0.717) is 5.69 Å². The average Bonchev–Trinajstić information content (AvgIpc) is 3.09. The Hall–Kier alpha value is -2.60. The van der Waals surface area contributed by atoms with Crippen molar-refractivity contribution in [3.63, 3.8) is 0 Å². The highest BCUT2D eigenvalue weighted by atomic mass is 32.2. The highest BCUT2D eigenvalue weighted by molar-refractivity contribution is 7.93. The van der Waals surface area contributed by atoms with Gasteiger partial charge in [0, 0.05) is 12.4 Å². The van der Waals surface area contributed by atoms with Crippen LogP contribution in [0.4, 0.5) is 11.6 Å². The number of imidazole rings is 1. The summed E-state index contributed by atoms with van der Waals surface area (Å²) in [6.45, 7) is 6.00. The molecule has 0 bridgehead atoms. The summed E-state index contributed by atoms with van der Waals surface area (Å²) in [6, 6.07) is 16.1. The van der Waals surface area contributed by atoms with Gasteiger partial charge in [-0.2, -0.15) is 0 Å². The number of para-hydroxylation sites is 1. The first-order chi connectivity index (χ1) is 11.8. The van der Waals surface area contributed by atoms with Crippen molar-refractivity contribution >= 4 is 21.7 Å². The van der Waals surface area contributed by atoms with Gasteiger partial charge in [-0.1, -0.05) is 57.2 Å². The Morgan fingerprint density at radius 1 is 0.960 bits per heavy atom. The fourth-order valence-electron chi connectivity index (χ4n) is 2.72. The van der Waals surface area contributed by atoms with E-state index < -0.39 is 10.0 Å². The Morgan fingerprint density at radius 3 is 2.20 bits per heavy atom. The lowest BCUT2D eigenvalue weighted by Crippen LogP contribution is -2.29. The molecule has 0 radical (unpaired) electrons. The van der Waals surface area contributed by atoms with Crippen molar-refractivity contribution in [2.24, 2.45) is 0 Å². The Balaban J connectivity index is 2.24. The number of nitrogens with zero attached hydrogens (tertiary/aromatic N) is 2. The molecule has 0 spiro atoms. The van der Waals surface area contributed by atoms with Gasteiger partial charge in [0.1, 0.15) is 0 Å². The molecule has 3 aromatic rings. The summed E-state index contributed by atoms with van der Waals surface area (Å²) in [5.41, 5.74) is 0.985. The first-order valence-electron chi connectivity index (χ1n) is 8.01. The van der Waals surface area contributed by atoms with Gasteiger partial charge >= 0.3 is 0 Å². The molecule has 1 N–H and O–H groups in total. The fourth-order valence-corrected chi connectivity index (χ4v) is 4.54. The third-order valence-corrected chi connectivity index (χ3v) is 5.66. The number of aromatic amines is 1. The SMILES string of the molecule is CC(C)(C)c1ccccc1S(=O)(=O)N(c1ccccc1)c1ncc[nH]1. The molecule has 130 valence electrons. The lowest BCUT2D eigenvalue weighted by Gasteiger charge is -2.27. The quantitative estimate of drug-likeness (QED) is 0.761. The van der Waals surface area contributed by atoms with Crippen LogP contribution >= 0.6 is 0 Å². The van der Waals surface area contributed by atoms with Crippen molar-refractivity contribution in [2.75, 3.05) is 4.31 Å². The molecule has 0 aliphatic carbocycles. The second kappa shape index (κ2) is 6.37. The van der Waals surface area contributed by atoms with Crippen molar-refractivity contribution in [1.29, 1.82) is 0 Å². The Kier molecular flexibility index (Phi) is 4.39. The maximum Gasteiger partial charge on any atom is 0.271 e. The van der Waals surface area contributed by atoms with Gasteiger partial charge in [0.05, 0.1) is 10.6 Å². The van der Waals surface area contributed by atoms with Gasteiger partial charge in [-0.3, -0.25) is 0 Å². The molecule has 1 aromatic heterocycles. The van der Waals surface area contributed by atoms with Crippen LogP contribution in [0.3, 0.4) is 0 Å². The van der Waals surface area contributed by atoms with E-state index in [1.807, 2.05) is 39.0 Å². The summed E-state index contributed by atoms with van der Waals surface area (Å²) in [7, 11) is -3.85. The monoisotopic (exact) mass is 355 g/mol. The van der Waals surface area contributed by atoms with Gasteiger partial charge in [0.2, 0.25) is 5.95 Å². The zero-order chi connectivity index (χ0) is 18.1. The Bertz CT molecular complexity index is 944. The summed E-state index contributed by atoms with van der Waals surface area (Å²) >= 11 is 0. The summed E-state index contributed by atoms with van der Waals surface area (Å²) < 4.78 is 28.4. The van der Waals surface area contributed by atoms with Gasteiger partial charge in [-0.25, -0.2) is 17.7 Å². The number of H-pyrrole nitrogens is 1. The lowest BCUT2D eigenvalue weighted by molar-refractivity contribution is 0.561. The molecule has 6 heteroatoms. The standard InChI is InChI=1S/C19H21N3O2S/c1-19(2,3)16-11-7-8-12-17(16)25(23,24)22(18-20-13-14-21-18)15-9-5-4-6-10-15/h4-14H,1-3H3,(H,20,21). The van der Waals surface area contributed by atoms with Crippen LogP contribution in [0.2, 0.25) is 0 Å². The average molecular weight is 355 g/mol. The molecule has 0 aliphatic rings. The number of hydrogen-bond donors (Lipinski definition) is 1. The van der Waals surface area contributed by atoms with E-state index in [9.17, 15) is 8.42 Å². The third kappa shape index (κ3) is 3.30. The second-order valence-electron chi connectivity index (χ2n) is 6.76. The molecule has 0 aliphatic heterocycles. The van der Waals surface area contributed by atoms with Crippen molar-refractivity contribution in [1.82, 2.24) is 9.97 Å². The van der Waals surface area contributed by atoms with E-state index in [1.54, 1.807) is 42.6 Å². The summed E-state index contributed by atoms with van der Waals surface area (Å²) in [5, 5.41) is 0. The number of benzene rings is 2. The molecule has 3 rings (SSSR count). The molecular weight excluding hydrogens is 334 g/mol. The molecule has 0 amide bonds. The van der Waals surface area contributed by atoms with Crippen LogP contribution in [0.1, 0.15) is 26.3 Å². The highest BCUT2D eigenvalue weighted by Gasteiger charge is 2.32. The predicted molar refractivity (Wildman–Crippen MR) is 99.5 cm³/mol. The topological polar surface area (TPSA) is 66.1 Å². The van der Waals surface area contributed by atoms with Gasteiger partial charge in [-0.15, -0.1) is 0 Å². The number of hydrogen-bond acceptors (Lipinski definition) is 3. The van der Waals surface area contributed by atoms with Crippen LogP contribution in [0.15, 0.2) is 71.9 Å². The predicted octanol–water partition coefficient (Wildman–Crippen LogP) is 4.23. The lowest BCUT2D eigenvalue weighted by atomic mass is 9.87. The Morgan fingerprint density at radius 2 is 1.60 bits per heavy atom. The molecule has 5 nitrogen and oxygen atoms in total. The molecular formula is C19H21N3O2S. The minimum absolute atomic E-state index is 0.259. The van der Waals surface area contributed by atoms with Gasteiger partial charge < -0.3 is 4.98 Å². The van der Waals surface area contributed by atoms with E-state index in [0.717, 1.165) is 5.56 Å². The van der Waals surface area contributed by atoms with E-state index in [2.05, 4.69) is 9.97 Å². The van der Waals surface area contributed by atoms with Crippen LogP contribution in [-0.4, -0.2) is 18.4 Å². The van der Waals surface area contributed by atoms with Crippen molar-refractivity contribution in [2.45, 2.75) is 31.1 Å². The summed E-state index contributed by atoms with van der Waals surface area (Å²) in [6.07, 6.45) is 3.15. The molecule has 1 heterocycles. The van der Waals surface area contributed by atoms with Crippen molar-refractivity contribution in [3.8, 4) is 0 Å². The summed E-state index contributed by atoms with van der Waals surface area (Å²) in [4.78, 5) is 7.35. The largest absolute Gasteiger partial charge is 0.330 e. The Labute approximate surface area is 148 Å². The van der Waals surface area contributed by atoms with Gasteiger partial charge in [0.25, 0.3) is 10.0 Å². The minimum atomic E-state index is -3.85. The highest BCUT2D eigenvalue weighted by Crippen LogP contribution is 2.35. The maximum atomic E-state index is 13.6. The van der Waals surface area contributed by atoms with E-state index in [4.69, 9.17) is 0 Å². The molecule has 2 aromatic carbocycles. The number of rotatable bonds is 4. The molecule has 0 atom stereocenters. The third-order valence-electron chi connectivity index (χ3n) is 3.88.